The van der Waals surface area contributed by atoms with Gasteiger partial charge in [-0.1, -0.05) is 12.1 Å². The lowest BCUT2D eigenvalue weighted by Gasteiger charge is -2.05. The van der Waals surface area contributed by atoms with Gasteiger partial charge in [0.15, 0.2) is 17.2 Å². The van der Waals surface area contributed by atoms with Crippen molar-refractivity contribution in [2.24, 2.45) is 0 Å². The molecule has 1 aromatic carbocycles. The molecule has 0 amide bonds. The van der Waals surface area contributed by atoms with Gasteiger partial charge in [0, 0.05) is 5.56 Å². The molecule has 0 spiro atoms. The summed E-state index contributed by atoms with van der Waals surface area (Å²) in [6.45, 7) is -0.0509. The molecule has 0 aliphatic heterocycles. The normalized spacial score (nSPS) is 9.55. The second kappa shape index (κ2) is 5.68. The third-order valence-corrected chi connectivity index (χ3v) is 2.76. The molecule has 2 aromatic rings. The van der Waals surface area contributed by atoms with Gasteiger partial charge >= 0.3 is 0 Å². The van der Waals surface area contributed by atoms with Crippen LogP contribution in [0.5, 0.6) is 5.75 Å². The minimum atomic E-state index is -0.192. The molecule has 0 aliphatic carbocycles. The maximum absolute atomic E-state index is 12.2. The van der Waals surface area contributed by atoms with E-state index in [1.807, 2.05) is 12.1 Å². The summed E-state index contributed by atoms with van der Waals surface area (Å²) < 4.78 is 6.42. The van der Waals surface area contributed by atoms with E-state index >= 15 is 0 Å². The fourth-order valence-electron chi connectivity index (χ4n) is 1.74. The first-order valence-corrected chi connectivity index (χ1v) is 5.72. The van der Waals surface area contributed by atoms with Gasteiger partial charge in [-0.25, -0.2) is 4.98 Å². The summed E-state index contributed by atoms with van der Waals surface area (Å²) in [6.07, 6.45) is 1.31. The summed E-state index contributed by atoms with van der Waals surface area (Å²) in [5, 5.41) is 17.8. The van der Waals surface area contributed by atoms with Crippen LogP contribution in [0.25, 0.3) is 0 Å². The highest BCUT2D eigenvalue weighted by atomic mass is 16.5. The van der Waals surface area contributed by atoms with Crippen LogP contribution in [-0.4, -0.2) is 22.4 Å². The zero-order valence-electron chi connectivity index (χ0n) is 10.7. The van der Waals surface area contributed by atoms with Crippen molar-refractivity contribution in [3.05, 3.63) is 47.5 Å². The van der Waals surface area contributed by atoms with Gasteiger partial charge in [0.2, 0.25) is 0 Å². The topological polar surface area (TPSA) is 91.7 Å². The average molecular weight is 266 g/mol. The molecule has 0 fully saturated rings. The smallest absolute Gasteiger partial charge is 0.182 e. The maximum Gasteiger partial charge on any atom is 0.182 e. The minimum Gasteiger partial charge on any atom is -0.497 e. The Labute approximate surface area is 115 Å². The largest absolute Gasteiger partial charge is 0.497 e. The number of ether oxygens (including phenoxy) is 1. The van der Waals surface area contributed by atoms with Gasteiger partial charge in [0.25, 0.3) is 0 Å². The van der Waals surface area contributed by atoms with E-state index in [4.69, 9.17) is 15.3 Å². The number of aromatic nitrogens is 2. The lowest BCUT2D eigenvalue weighted by molar-refractivity contribution is 0.0971. The number of imidazole rings is 1. The van der Waals surface area contributed by atoms with Crippen LogP contribution in [0.2, 0.25) is 0 Å². The molecule has 20 heavy (non-hydrogen) atoms. The molecule has 0 atom stereocenters. The standard InChI is InChI=1S/C14H10N4O2/c1-20-11-4-2-3-10(5-11)14(19)8-18-9-17-12(6-15)13(18)7-16/h2-5,9H,8H2,1H3. The quantitative estimate of drug-likeness (QED) is 0.782. The number of nitrogens with zero attached hydrogens (tertiary/aromatic N) is 4. The zero-order chi connectivity index (χ0) is 14.5. The van der Waals surface area contributed by atoms with Gasteiger partial charge < -0.3 is 9.30 Å². The van der Waals surface area contributed by atoms with E-state index in [2.05, 4.69) is 4.98 Å². The SMILES string of the molecule is COc1cccc(C(=O)Cn2cnc(C#N)c2C#N)c1. The molecule has 0 saturated heterocycles. The Morgan fingerprint density at radius 2 is 2.20 bits per heavy atom. The van der Waals surface area contributed by atoms with Crippen LogP contribution in [-0.2, 0) is 6.54 Å². The first kappa shape index (κ1) is 13.3. The van der Waals surface area contributed by atoms with Crippen molar-refractivity contribution in [3.63, 3.8) is 0 Å². The highest BCUT2D eigenvalue weighted by Gasteiger charge is 2.14. The van der Waals surface area contributed by atoms with Gasteiger partial charge in [-0.3, -0.25) is 4.79 Å². The molecule has 2 rings (SSSR count). The number of nitriles is 2. The van der Waals surface area contributed by atoms with E-state index in [0.29, 0.717) is 11.3 Å². The van der Waals surface area contributed by atoms with Crippen molar-refractivity contribution >= 4 is 5.78 Å². The molecule has 1 aromatic heterocycles. The van der Waals surface area contributed by atoms with Crippen LogP contribution in [0.15, 0.2) is 30.6 Å². The first-order valence-electron chi connectivity index (χ1n) is 5.72. The van der Waals surface area contributed by atoms with Gasteiger partial charge in [-0.05, 0) is 12.1 Å². The fourth-order valence-corrected chi connectivity index (χ4v) is 1.74. The van der Waals surface area contributed by atoms with Gasteiger partial charge in [0.1, 0.15) is 17.9 Å². The van der Waals surface area contributed by atoms with Gasteiger partial charge in [0.05, 0.1) is 20.0 Å². The molecular formula is C14H10N4O2. The third-order valence-electron chi connectivity index (χ3n) is 2.76. The average Bonchev–Trinajstić information content (AvgIpc) is 2.88. The Balaban J connectivity index is 2.26. The number of ketones is 1. The van der Waals surface area contributed by atoms with Crippen molar-refractivity contribution < 1.29 is 9.53 Å². The molecule has 0 bridgehead atoms. The van der Waals surface area contributed by atoms with Crippen LogP contribution < -0.4 is 4.74 Å². The number of hydrogen-bond donors (Lipinski definition) is 0. The van der Waals surface area contributed by atoms with E-state index in [9.17, 15) is 4.79 Å². The molecule has 1 heterocycles. The van der Waals surface area contributed by atoms with Gasteiger partial charge in [-0.15, -0.1) is 0 Å². The molecular weight excluding hydrogens is 256 g/mol. The molecule has 6 heteroatoms. The number of hydrogen-bond acceptors (Lipinski definition) is 5. The zero-order valence-corrected chi connectivity index (χ0v) is 10.7. The third kappa shape index (κ3) is 2.50. The highest BCUT2D eigenvalue weighted by Crippen LogP contribution is 2.14. The minimum absolute atomic E-state index is 0.0194. The van der Waals surface area contributed by atoms with E-state index in [-0.39, 0.29) is 23.7 Å². The number of methoxy groups -OCH3 is 1. The van der Waals surface area contributed by atoms with E-state index in [0.717, 1.165) is 0 Å². The molecule has 0 aliphatic rings. The lowest BCUT2D eigenvalue weighted by Crippen LogP contribution is -2.11. The summed E-state index contributed by atoms with van der Waals surface area (Å²) in [4.78, 5) is 15.9. The second-order valence-corrected chi connectivity index (χ2v) is 3.95. The van der Waals surface area contributed by atoms with Crippen LogP contribution in [0, 0.1) is 22.7 Å². The van der Waals surface area contributed by atoms with Crippen molar-refractivity contribution in [1.29, 1.82) is 10.5 Å². The fraction of sp³-hybridized carbons (Fsp3) is 0.143. The van der Waals surface area contributed by atoms with E-state index < -0.39 is 0 Å². The Morgan fingerprint density at radius 1 is 1.40 bits per heavy atom. The Bertz CT molecular complexity index is 734. The van der Waals surface area contributed by atoms with Crippen molar-refractivity contribution in [3.8, 4) is 17.9 Å². The van der Waals surface area contributed by atoms with Crippen LogP contribution in [0.1, 0.15) is 21.7 Å². The predicted octanol–water partition coefficient (Wildman–Crippen LogP) is 1.52. The Morgan fingerprint density at radius 3 is 2.85 bits per heavy atom. The van der Waals surface area contributed by atoms with Crippen LogP contribution >= 0.6 is 0 Å². The molecule has 0 N–H and O–H groups in total. The lowest BCUT2D eigenvalue weighted by atomic mass is 10.1. The van der Waals surface area contributed by atoms with Crippen LogP contribution in [0.4, 0.5) is 0 Å². The van der Waals surface area contributed by atoms with Gasteiger partial charge in [-0.2, -0.15) is 10.5 Å². The molecule has 6 nitrogen and oxygen atoms in total. The predicted molar refractivity (Wildman–Crippen MR) is 69.0 cm³/mol. The highest BCUT2D eigenvalue weighted by molar-refractivity contribution is 5.96. The van der Waals surface area contributed by atoms with Crippen LogP contribution in [0.3, 0.4) is 0 Å². The second-order valence-electron chi connectivity index (χ2n) is 3.95. The summed E-state index contributed by atoms with van der Waals surface area (Å²) in [7, 11) is 1.52. The monoisotopic (exact) mass is 266 g/mol. The summed E-state index contributed by atoms with van der Waals surface area (Å²) in [5.41, 5.74) is 0.579. The summed E-state index contributed by atoms with van der Waals surface area (Å²) in [6, 6.07) is 10.4. The first-order chi connectivity index (χ1) is 9.69. The molecule has 0 radical (unpaired) electrons. The number of carbonyl (C=O) groups excluding carboxylic acids is 1. The van der Waals surface area contributed by atoms with Crippen molar-refractivity contribution in [2.45, 2.75) is 6.54 Å². The summed E-state index contributed by atoms with van der Waals surface area (Å²) in [5.74, 6) is 0.391. The number of benzene rings is 1. The molecule has 0 unspecified atom stereocenters. The van der Waals surface area contributed by atoms with E-state index in [1.165, 1.54) is 18.0 Å². The molecule has 98 valence electrons. The van der Waals surface area contributed by atoms with E-state index in [1.54, 1.807) is 24.3 Å². The summed E-state index contributed by atoms with van der Waals surface area (Å²) >= 11 is 0. The molecule has 0 saturated carbocycles. The maximum atomic E-state index is 12.2. The Kier molecular flexibility index (Phi) is 3.78. The number of Topliss-reactive ketones (excluding diaryl/α,β-unsaturated/α-hetero) is 1. The van der Waals surface area contributed by atoms with Crippen molar-refractivity contribution in [1.82, 2.24) is 9.55 Å². The Hall–Kier alpha value is -3.12. The van der Waals surface area contributed by atoms with Crippen molar-refractivity contribution in [2.75, 3.05) is 7.11 Å². The number of rotatable bonds is 4. The number of carbonyl (C=O) groups is 1.